The van der Waals surface area contributed by atoms with Crippen molar-refractivity contribution in [2.75, 3.05) is 0 Å². The molecule has 0 amide bonds. The molecule has 1 heterocycles. The molecule has 2 nitrogen and oxygen atoms in total. The number of fused-ring (bicyclic) bond motifs is 1. The van der Waals surface area contributed by atoms with Gasteiger partial charge in [0.25, 0.3) is 0 Å². The van der Waals surface area contributed by atoms with E-state index in [0.29, 0.717) is 12.0 Å². The maximum absolute atomic E-state index is 13.1. The number of benzene rings is 1. The normalized spacial score (nSPS) is 18.5. The lowest BCUT2D eigenvalue weighted by Crippen LogP contribution is -2.11. The minimum absolute atomic E-state index is 0.0368. The van der Waals surface area contributed by atoms with E-state index in [1.165, 1.54) is 6.07 Å². The lowest BCUT2D eigenvalue weighted by molar-refractivity contribution is 0.227. The van der Waals surface area contributed by atoms with E-state index in [-0.39, 0.29) is 18.3 Å². The van der Waals surface area contributed by atoms with E-state index < -0.39 is 11.6 Å². The minimum Gasteiger partial charge on any atom is -0.486 e. The summed E-state index contributed by atoms with van der Waals surface area (Å²) >= 11 is 0. The van der Waals surface area contributed by atoms with Gasteiger partial charge < -0.3 is 4.74 Å². The molecule has 4 heteroatoms. The molecule has 1 aliphatic heterocycles. The number of hydrogen-bond donors (Lipinski definition) is 0. The SMILES string of the molecule is N#CCC1Cc2ccc(F)c(F)c2O1. The Bertz CT molecular complexity index is 411. The van der Waals surface area contributed by atoms with E-state index in [1.54, 1.807) is 0 Å². The van der Waals surface area contributed by atoms with Gasteiger partial charge in [-0.25, -0.2) is 4.39 Å². The van der Waals surface area contributed by atoms with E-state index >= 15 is 0 Å². The molecule has 0 aliphatic carbocycles. The summed E-state index contributed by atoms with van der Waals surface area (Å²) in [4.78, 5) is 0. The third-order valence-electron chi connectivity index (χ3n) is 2.18. The van der Waals surface area contributed by atoms with Crippen LogP contribution in [0.25, 0.3) is 0 Å². The van der Waals surface area contributed by atoms with Crippen molar-refractivity contribution in [3.8, 4) is 11.8 Å². The van der Waals surface area contributed by atoms with Crippen molar-refractivity contribution in [2.45, 2.75) is 18.9 Å². The number of halogens is 2. The molecule has 1 unspecified atom stereocenters. The molecule has 0 saturated carbocycles. The molecule has 0 spiro atoms. The van der Waals surface area contributed by atoms with E-state index in [4.69, 9.17) is 10.00 Å². The summed E-state index contributed by atoms with van der Waals surface area (Å²) < 4.78 is 31.0. The van der Waals surface area contributed by atoms with Crippen LogP contribution in [0.5, 0.6) is 5.75 Å². The average Bonchev–Trinajstić information content (AvgIpc) is 2.56. The van der Waals surface area contributed by atoms with Crippen LogP contribution in [-0.2, 0) is 6.42 Å². The molecular formula is C10H7F2NO. The summed E-state index contributed by atoms with van der Waals surface area (Å²) in [6.07, 6.45) is 0.321. The number of nitrogens with zero attached hydrogens (tertiary/aromatic N) is 1. The van der Waals surface area contributed by atoms with Crippen molar-refractivity contribution in [3.63, 3.8) is 0 Å². The first-order valence-corrected chi connectivity index (χ1v) is 4.23. The molecule has 1 aromatic carbocycles. The molecule has 1 aromatic rings. The van der Waals surface area contributed by atoms with Crippen molar-refractivity contribution >= 4 is 0 Å². The molecule has 14 heavy (non-hydrogen) atoms. The molecule has 72 valence electrons. The highest BCUT2D eigenvalue weighted by Gasteiger charge is 2.27. The zero-order valence-corrected chi connectivity index (χ0v) is 7.26. The Labute approximate surface area is 79.7 Å². The first-order valence-electron chi connectivity index (χ1n) is 4.23. The fourth-order valence-electron chi connectivity index (χ4n) is 1.53. The standard InChI is InChI=1S/C10H7F2NO/c11-8-2-1-6-5-7(3-4-13)14-10(6)9(8)12/h1-2,7H,3,5H2. The molecule has 1 atom stereocenters. The van der Waals surface area contributed by atoms with Gasteiger partial charge in [0.2, 0.25) is 5.82 Å². The Hall–Kier alpha value is -1.63. The van der Waals surface area contributed by atoms with Gasteiger partial charge >= 0.3 is 0 Å². The molecule has 0 radical (unpaired) electrons. The van der Waals surface area contributed by atoms with Crippen molar-refractivity contribution in [2.24, 2.45) is 0 Å². The molecule has 0 bridgehead atoms. The van der Waals surface area contributed by atoms with Crippen LogP contribution in [0.2, 0.25) is 0 Å². The zero-order valence-electron chi connectivity index (χ0n) is 7.26. The first kappa shape index (κ1) is 8.95. The van der Waals surface area contributed by atoms with E-state index in [1.807, 2.05) is 6.07 Å². The average molecular weight is 195 g/mol. The maximum Gasteiger partial charge on any atom is 0.200 e. The summed E-state index contributed by atoms with van der Waals surface area (Å²) in [7, 11) is 0. The largest absolute Gasteiger partial charge is 0.486 e. The highest BCUT2D eigenvalue weighted by molar-refractivity contribution is 5.39. The smallest absolute Gasteiger partial charge is 0.200 e. The van der Waals surface area contributed by atoms with Crippen LogP contribution in [0.3, 0.4) is 0 Å². The second-order valence-corrected chi connectivity index (χ2v) is 3.16. The summed E-state index contributed by atoms with van der Waals surface area (Å²) in [5.74, 6) is -1.91. The lowest BCUT2D eigenvalue weighted by Gasteiger charge is -2.05. The molecule has 0 aromatic heterocycles. The van der Waals surface area contributed by atoms with Gasteiger partial charge in [-0.1, -0.05) is 6.07 Å². The number of ether oxygens (including phenoxy) is 1. The van der Waals surface area contributed by atoms with Gasteiger partial charge in [0.15, 0.2) is 11.6 Å². The van der Waals surface area contributed by atoms with E-state index in [0.717, 1.165) is 6.07 Å². The third kappa shape index (κ3) is 1.31. The van der Waals surface area contributed by atoms with Gasteiger partial charge in [-0.15, -0.1) is 0 Å². The Morgan fingerprint density at radius 3 is 3.00 bits per heavy atom. The molecule has 0 saturated heterocycles. The molecule has 1 aliphatic rings. The lowest BCUT2D eigenvalue weighted by atomic mass is 10.1. The van der Waals surface area contributed by atoms with Crippen LogP contribution in [0.15, 0.2) is 12.1 Å². The van der Waals surface area contributed by atoms with Crippen molar-refractivity contribution < 1.29 is 13.5 Å². The van der Waals surface area contributed by atoms with Gasteiger partial charge in [0.05, 0.1) is 12.5 Å². The minimum atomic E-state index is -0.956. The van der Waals surface area contributed by atoms with Crippen LogP contribution < -0.4 is 4.74 Å². The summed E-state index contributed by atoms with van der Waals surface area (Å²) in [5, 5.41) is 8.43. The summed E-state index contributed by atoms with van der Waals surface area (Å²) in [5.41, 5.74) is 0.629. The molecular weight excluding hydrogens is 188 g/mol. The zero-order chi connectivity index (χ0) is 10.1. The fraction of sp³-hybridized carbons (Fsp3) is 0.300. The number of nitriles is 1. The Morgan fingerprint density at radius 2 is 2.29 bits per heavy atom. The van der Waals surface area contributed by atoms with Crippen molar-refractivity contribution in [1.82, 2.24) is 0 Å². The Morgan fingerprint density at radius 1 is 1.50 bits per heavy atom. The van der Waals surface area contributed by atoms with Gasteiger partial charge in [-0.2, -0.15) is 9.65 Å². The second-order valence-electron chi connectivity index (χ2n) is 3.16. The molecule has 0 N–H and O–H groups in total. The van der Waals surface area contributed by atoms with Gasteiger partial charge in [-0.05, 0) is 6.07 Å². The van der Waals surface area contributed by atoms with Crippen molar-refractivity contribution in [3.05, 3.63) is 29.3 Å². The number of hydrogen-bond acceptors (Lipinski definition) is 2. The van der Waals surface area contributed by atoms with Crippen molar-refractivity contribution in [1.29, 1.82) is 5.26 Å². The molecule has 2 rings (SSSR count). The highest BCUT2D eigenvalue weighted by atomic mass is 19.2. The summed E-state index contributed by atoms with van der Waals surface area (Å²) in [6.45, 7) is 0. The van der Waals surface area contributed by atoms with E-state index in [2.05, 4.69) is 0 Å². The first-order chi connectivity index (χ1) is 6.72. The van der Waals surface area contributed by atoms with Crippen LogP contribution in [0.4, 0.5) is 8.78 Å². The predicted octanol–water partition coefficient (Wildman–Crippen LogP) is 2.18. The summed E-state index contributed by atoms with van der Waals surface area (Å²) in [6, 6.07) is 4.50. The molecule has 0 fully saturated rings. The fourth-order valence-corrected chi connectivity index (χ4v) is 1.53. The quantitative estimate of drug-likeness (QED) is 0.688. The monoisotopic (exact) mass is 195 g/mol. The highest BCUT2D eigenvalue weighted by Crippen LogP contribution is 2.33. The van der Waals surface area contributed by atoms with Crippen LogP contribution in [0, 0.1) is 23.0 Å². The topological polar surface area (TPSA) is 33.0 Å². The second kappa shape index (κ2) is 3.26. The van der Waals surface area contributed by atoms with Gasteiger partial charge in [0, 0.05) is 12.0 Å². The number of rotatable bonds is 1. The Balaban J connectivity index is 2.32. The maximum atomic E-state index is 13.1. The van der Waals surface area contributed by atoms with E-state index in [9.17, 15) is 8.78 Å². The van der Waals surface area contributed by atoms with Gasteiger partial charge in [0.1, 0.15) is 6.10 Å². The van der Waals surface area contributed by atoms with Crippen LogP contribution >= 0.6 is 0 Å². The third-order valence-corrected chi connectivity index (χ3v) is 2.18. The van der Waals surface area contributed by atoms with Gasteiger partial charge in [-0.3, -0.25) is 0 Å². The van der Waals surface area contributed by atoms with Crippen LogP contribution in [-0.4, -0.2) is 6.10 Å². The predicted molar refractivity (Wildman–Crippen MR) is 44.7 cm³/mol. The Kier molecular flexibility index (Phi) is 2.08. The van der Waals surface area contributed by atoms with Crippen LogP contribution in [0.1, 0.15) is 12.0 Å².